The van der Waals surface area contributed by atoms with Gasteiger partial charge in [0.2, 0.25) is 5.54 Å². The van der Waals surface area contributed by atoms with Crippen molar-refractivity contribution >= 4 is 17.8 Å². The highest BCUT2D eigenvalue weighted by Gasteiger charge is 2.64. The van der Waals surface area contributed by atoms with E-state index in [4.69, 9.17) is 5.73 Å². The van der Waals surface area contributed by atoms with Gasteiger partial charge >= 0.3 is 12.2 Å². The van der Waals surface area contributed by atoms with Crippen LogP contribution in [0.3, 0.4) is 0 Å². The van der Waals surface area contributed by atoms with Gasteiger partial charge in [0.05, 0.1) is 24.6 Å². The zero-order chi connectivity index (χ0) is 15.1. The molecule has 0 radical (unpaired) electrons. The van der Waals surface area contributed by atoms with Crippen molar-refractivity contribution in [2.24, 2.45) is 0 Å². The number of nitrogens with two attached hydrogens (primary N) is 1. The SMILES string of the molecule is CC1(C(F)(F)F)NC(=O)N(Cc2cnc(N)cn2)C1=O. The van der Waals surface area contributed by atoms with E-state index < -0.39 is 30.2 Å². The smallest absolute Gasteiger partial charge is 0.382 e. The van der Waals surface area contributed by atoms with Crippen LogP contribution in [-0.2, 0) is 11.3 Å². The summed E-state index contributed by atoms with van der Waals surface area (Å²) in [6.45, 7) is 0.200. The summed E-state index contributed by atoms with van der Waals surface area (Å²) in [6, 6.07) is -1.13. The van der Waals surface area contributed by atoms with Crippen LogP contribution < -0.4 is 11.1 Å². The van der Waals surface area contributed by atoms with Crippen LogP contribution in [0.1, 0.15) is 12.6 Å². The molecular weight excluding hydrogens is 279 g/mol. The molecule has 1 aromatic heterocycles. The Morgan fingerprint density at radius 1 is 1.35 bits per heavy atom. The molecule has 2 heterocycles. The van der Waals surface area contributed by atoms with Gasteiger partial charge in [-0.3, -0.25) is 14.7 Å². The molecule has 2 rings (SSSR count). The maximum atomic E-state index is 12.8. The van der Waals surface area contributed by atoms with E-state index >= 15 is 0 Å². The van der Waals surface area contributed by atoms with Gasteiger partial charge in [0, 0.05) is 0 Å². The Kier molecular flexibility index (Phi) is 3.03. The Balaban J connectivity index is 2.24. The number of alkyl halides is 3. The molecule has 1 aliphatic rings. The average Bonchev–Trinajstić information content (AvgIpc) is 2.56. The number of rotatable bonds is 2. The summed E-state index contributed by atoms with van der Waals surface area (Å²) in [4.78, 5) is 31.2. The Morgan fingerprint density at radius 2 is 2.00 bits per heavy atom. The highest BCUT2D eigenvalue weighted by atomic mass is 19.4. The molecule has 7 nitrogen and oxygen atoms in total. The van der Waals surface area contributed by atoms with Gasteiger partial charge in [-0.05, 0) is 6.92 Å². The van der Waals surface area contributed by atoms with Crippen LogP contribution >= 0.6 is 0 Å². The summed E-state index contributed by atoms with van der Waals surface area (Å²) in [7, 11) is 0. The second kappa shape index (κ2) is 4.32. The van der Waals surface area contributed by atoms with Gasteiger partial charge in [-0.2, -0.15) is 13.2 Å². The molecule has 0 aliphatic carbocycles. The number of imide groups is 1. The molecule has 1 unspecified atom stereocenters. The van der Waals surface area contributed by atoms with Crippen molar-refractivity contribution in [2.75, 3.05) is 5.73 Å². The average molecular weight is 289 g/mol. The number of hydrogen-bond donors (Lipinski definition) is 2. The Labute approximate surface area is 111 Å². The standard InChI is InChI=1S/C10H10F3N5O2/c1-9(10(11,12)13)7(19)18(8(20)17-9)4-5-2-16-6(14)3-15-5/h2-3H,4H2,1H3,(H2,14,16)(H,17,20). The lowest BCUT2D eigenvalue weighted by molar-refractivity contribution is -0.191. The molecule has 1 aromatic rings. The summed E-state index contributed by atoms with van der Waals surface area (Å²) >= 11 is 0. The molecular formula is C10H10F3N5O2. The molecule has 3 N–H and O–H groups in total. The fourth-order valence-corrected chi connectivity index (χ4v) is 1.64. The molecule has 1 saturated heterocycles. The van der Waals surface area contributed by atoms with Crippen LogP contribution in [0.2, 0.25) is 0 Å². The maximum absolute atomic E-state index is 12.8. The Hall–Kier alpha value is -2.39. The molecule has 0 aromatic carbocycles. The van der Waals surface area contributed by atoms with Gasteiger partial charge in [-0.1, -0.05) is 0 Å². The van der Waals surface area contributed by atoms with E-state index in [1.54, 1.807) is 5.32 Å². The summed E-state index contributed by atoms with van der Waals surface area (Å²) < 4.78 is 38.5. The zero-order valence-electron chi connectivity index (χ0n) is 10.2. The molecule has 3 amide bonds. The van der Waals surface area contributed by atoms with Crippen LogP contribution in [0.15, 0.2) is 12.4 Å². The fraction of sp³-hybridized carbons (Fsp3) is 0.400. The monoisotopic (exact) mass is 289 g/mol. The first kappa shape index (κ1) is 14.0. The lowest BCUT2D eigenvalue weighted by atomic mass is 10.0. The minimum absolute atomic E-state index is 0.117. The van der Waals surface area contributed by atoms with E-state index in [0.29, 0.717) is 11.8 Å². The van der Waals surface area contributed by atoms with Crippen molar-refractivity contribution in [3.63, 3.8) is 0 Å². The lowest BCUT2D eigenvalue weighted by Crippen LogP contribution is -2.56. The predicted molar refractivity (Wildman–Crippen MR) is 60.0 cm³/mol. The van der Waals surface area contributed by atoms with Gasteiger partial charge in [-0.15, -0.1) is 0 Å². The number of aromatic nitrogens is 2. The summed E-state index contributed by atoms with van der Waals surface area (Å²) in [5.74, 6) is -1.26. The fourth-order valence-electron chi connectivity index (χ4n) is 1.64. The van der Waals surface area contributed by atoms with Crippen molar-refractivity contribution in [3.8, 4) is 0 Å². The lowest BCUT2D eigenvalue weighted by Gasteiger charge is -2.24. The van der Waals surface area contributed by atoms with Crippen molar-refractivity contribution in [3.05, 3.63) is 18.1 Å². The molecule has 0 spiro atoms. The van der Waals surface area contributed by atoms with E-state index in [0.717, 1.165) is 0 Å². The molecule has 10 heteroatoms. The molecule has 1 atom stereocenters. The summed E-state index contributed by atoms with van der Waals surface area (Å²) in [6.07, 6.45) is -2.53. The van der Waals surface area contributed by atoms with Crippen LogP contribution in [-0.4, -0.2) is 38.5 Å². The van der Waals surface area contributed by atoms with Gasteiger partial charge in [0.15, 0.2) is 0 Å². The normalized spacial score (nSPS) is 23.1. The quantitative estimate of drug-likeness (QED) is 0.769. The highest BCUT2D eigenvalue weighted by molar-refractivity contribution is 6.07. The second-order valence-corrected chi connectivity index (χ2v) is 4.38. The Bertz CT molecular complexity index is 559. The first-order valence-corrected chi connectivity index (χ1v) is 5.42. The summed E-state index contributed by atoms with van der Waals surface area (Å²) in [5, 5.41) is 1.64. The number of nitrogen functional groups attached to an aromatic ring is 1. The first-order chi connectivity index (χ1) is 9.15. The van der Waals surface area contributed by atoms with E-state index in [9.17, 15) is 22.8 Å². The second-order valence-electron chi connectivity index (χ2n) is 4.38. The first-order valence-electron chi connectivity index (χ1n) is 5.42. The molecule has 0 saturated carbocycles. The van der Waals surface area contributed by atoms with Crippen molar-refractivity contribution < 1.29 is 22.8 Å². The van der Waals surface area contributed by atoms with Gasteiger partial charge in [0.25, 0.3) is 5.91 Å². The van der Waals surface area contributed by atoms with E-state index in [1.807, 2.05) is 0 Å². The number of carbonyl (C=O) groups excluding carboxylic acids is 2. The molecule has 1 fully saturated rings. The molecule has 0 bridgehead atoms. The van der Waals surface area contributed by atoms with Crippen LogP contribution in [0.25, 0.3) is 0 Å². The van der Waals surface area contributed by atoms with E-state index in [2.05, 4.69) is 9.97 Å². The largest absolute Gasteiger partial charge is 0.420 e. The van der Waals surface area contributed by atoms with Crippen LogP contribution in [0, 0.1) is 0 Å². The predicted octanol–water partition coefficient (Wildman–Crippen LogP) is 0.432. The van der Waals surface area contributed by atoms with Gasteiger partial charge in [0.1, 0.15) is 5.82 Å². The number of halogens is 3. The van der Waals surface area contributed by atoms with Crippen molar-refractivity contribution in [1.82, 2.24) is 20.2 Å². The number of hydrogen-bond acceptors (Lipinski definition) is 5. The van der Waals surface area contributed by atoms with E-state index in [1.165, 1.54) is 12.4 Å². The number of anilines is 1. The highest BCUT2D eigenvalue weighted by Crippen LogP contribution is 2.35. The minimum Gasteiger partial charge on any atom is -0.382 e. The van der Waals surface area contributed by atoms with Crippen molar-refractivity contribution in [1.29, 1.82) is 0 Å². The van der Waals surface area contributed by atoms with E-state index in [-0.39, 0.29) is 11.5 Å². The third kappa shape index (κ3) is 2.12. The third-order valence-electron chi connectivity index (χ3n) is 2.89. The van der Waals surface area contributed by atoms with Gasteiger partial charge in [-0.25, -0.2) is 9.78 Å². The number of carbonyl (C=O) groups is 2. The third-order valence-corrected chi connectivity index (χ3v) is 2.89. The molecule has 1 aliphatic heterocycles. The number of nitrogens with one attached hydrogen (secondary N) is 1. The van der Waals surface area contributed by atoms with Gasteiger partial charge < -0.3 is 11.1 Å². The summed E-state index contributed by atoms with van der Waals surface area (Å²) in [5.41, 5.74) is 2.53. The molecule has 108 valence electrons. The topological polar surface area (TPSA) is 101 Å². The maximum Gasteiger partial charge on any atom is 0.420 e. The molecule has 20 heavy (non-hydrogen) atoms. The number of amides is 3. The Morgan fingerprint density at radius 3 is 2.45 bits per heavy atom. The van der Waals surface area contributed by atoms with Crippen LogP contribution in [0.4, 0.5) is 23.8 Å². The number of urea groups is 1. The van der Waals surface area contributed by atoms with Crippen molar-refractivity contribution in [2.45, 2.75) is 25.2 Å². The van der Waals surface area contributed by atoms with Crippen LogP contribution in [0.5, 0.6) is 0 Å². The minimum atomic E-state index is -4.89. The number of nitrogens with zero attached hydrogens (tertiary/aromatic N) is 3. The zero-order valence-corrected chi connectivity index (χ0v) is 10.2.